The van der Waals surface area contributed by atoms with Gasteiger partial charge in [0.15, 0.2) is 21.2 Å². The number of ether oxygens (including phenoxy) is 1. The van der Waals surface area contributed by atoms with Crippen molar-refractivity contribution >= 4 is 21.7 Å². The SMILES string of the molecule is Cc1ccc(S(=O)(=O)C2(C(=O)OCC(=O)NC3CC3)CCC2)cc1. The molecule has 2 saturated carbocycles. The zero-order chi connectivity index (χ0) is 17.4. The quantitative estimate of drug-likeness (QED) is 0.785. The Morgan fingerprint density at radius 3 is 2.33 bits per heavy atom. The van der Waals surface area contributed by atoms with Crippen molar-refractivity contribution in [3.05, 3.63) is 29.8 Å². The minimum absolute atomic E-state index is 0.118. The minimum atomic E-state index is -3.84. The van der Waals surface area contributed by atoms with Gasteiger partial charge in [-0.2, -0.15) is 0 Å². The van der Waals surface area contributed by atoms with Crippen LogP contribution in [0.2, 0.25) is 0 Å². The molecule has 24 heavy (non-hydrogen) atoms. The summed E-state index contributed by atoms with van der Waals surface area (Å²) in [4.78, 5) is 24.2. The highest BCUT2D eigenvalue weighted by atomic mass is 32.2. The fourth-order valence-corrected chi connectivity index (χ4v) is 4.83. The first-order valence-electron chi connectivity index (χ1n) is 8.13. The Morgan fingerprint density at radius 2 is 1.83 bits per heavy atom. The summed E-state index contributed by atoms with van der Waals surface area (Å²) in [7, 11) is -3.84. The molecule has 0 spiro atoms. The lowest BCUT2D eigenvalue weighted by atomic mass is 9.84. The number of hydrogen-bond acceptors (Lipinski definition) is 5. The van der Waals surface area contributed by atoms with Crippen LogP contribution in [-0.4, -0.2) is 37.7 Å². The maximum Gasteiger partial charge on any atom is 0.328 e. The largest absolute Gasteiger partial charge is 0.454 e. The van der Waals surface area contributed by atoms with Crippen LogP contribution in [0.5, 0.6) is 0 Å². The second-order valence-corrected chi connectivity index (χ2v) is 8.84. The summed E-state index contributed by atoms with van der Waals surface area (Å²) in [5.74, 6) is -1.20. The Balaban J connectivity index is 1.73. The number of carbonyl (C=O) groups excluding carboxylic acids is 2. The highest BCUT2D eigenvalue weighted by Crippen LogP contribution is 2.43. The molecule has 0 saturated heterocycles. The van der Waals surface area contributed by atoms with Gasteiger partial charge in [0.2, 0.25) is 0 Å². The predicted octanol–water partition coefficient (Wildman–Crippen LogP) is 1.51. The lowest BCUT2D eigenvalue weighted by molar-refractivity contribution is -0.153. The Kier molecular flexibility index (Phi) is 4.38. The van der Waals surface area contributed by atoms with Crippen LogP contribution < -0.4 is 5.32 Å². The molecule has 2 fully saturated rings. The molecule has 0 aromatic heterocycles. The number of amides is 1. The average Bonchev–Trinajstić information content (AvgIpc) is 3.28. The van der Waals surface area contributed by atoms with Crippen molar-refractivity contribution in [3.8, 4) is 0 Å². The van der Waals surface area contributed by atoms with Crippen molar-refractivity contribution in [2.75, 3.05) is 6.61 Å². The summed E-state index contributed by atoms with van der Waals surface area (Å²) in [6.07, 6.45) is 2.98. The fourth-order valence-electron chi connectivity index (χ4n) is 2.78. The summed E-state index contributed by atoms with van der Waals surface area (Å²) in [5.41, 5.74) is 0.941. The fraction of sp³-hybridized carbons (Fsp3) is 0.529. The molecule has 0 unspecified atom stereocenters. The summed E-state index contributed by atoms with van der Waals surface area (Å²) < 4.78 is 29.3. The number of sulfone groups is 1. The van der Waals surface area contributed by atoms with Gasteiger partial charge in [-0.15, -0.1) is 0 Å². The molecule has 7 heteroatoms. The van der Waals surface area contributed by atoms with Crippen molar-refractivity contribution in [2.45, 2.75) is 54.7 Å². The van der Waals surface area contributed by atoms with E-state index in [-0.39, 0.29) is 29.7 Å². The zero-order valence-corrected chi connectivity index (χ0v) is 14.4. The molecule has 0 radical (unpaired) electrons. The third-order valence-corrected chi connectivity index (χ3v) is 7.15. The summed E-state index contributed by atoms with van der Waals surface area (Å²) in [6.45, 7) is 1.43. The van der Waals surface area contributed by atoms with Crippen LogP contribution in [0.4, 0.5) is 0 Å². The molecule has 2 aliphatic rings. The molecule has 0 bridgehead atoms. The van der Waals surface area contributed by atoms with Gasteiger partial charge in [-0.3, -0.25) is 9.59 Å². The monoisotopic (exact) mass is 351 g/mol. The Bertz CT molecular complexity index is 746. The maximum atomic E-state index is 12.9. The Hall–Kier alpha value is -1.89. The molecule has 1 aromatic carbocycles. The number of aryl methyl sites for hydroxylation is 1. The number of nitrogens with one attached hydrogen (secondary N) is 1. The van der Waals surface area contributed by atoms with E-state index in [1.165, 1.54) is 12.1 Å². The second kappa shape index (κ2) is 6.20. The van der Waals surface area contributed by atoms with E-state index in [1.807, 2.05) is 6.92 Å². The molecule has 1 N–H and O–H groups in total. The molecule has 3 rings (SSSR count). The molecule has 1 aromatic rings. The molecule has 6 nitrogen and oxygen atoms in total. The van der Waals surface area contributed by atoms with E-state index < -0.39 is 27.2 Å². The van der Waals surface area contributed by atoms with Gasteiger partial charge in [0.1, 0.15) is 0 Å². The number of benzene rings is 1. The van der Waals surface area contributed by atoms with Crippen molar-refractivity contribution in [3.63, 3.8) is 0 Å². The first-order valence-corrected chi connectivity index (χ1v) is 9.61. The molecule has 130 valence electrons. The number of carbonyl (C=O) groups is 2. The topological polar surface area (TPSA) is 89.5 Å². The molecule has 2 aliphatic carbocycles. The van der Waals surface area contributed by atoms with Crippen LogP contribution in [0.25, 0.3) is 0 Å². The van der Waals surface area contributed by atoms with Crippen molar-refractivity contribution in [1.82, 2.24) is 5.32 Å². The third kappa shape index (κ3) is 3.05. The number of rotatable bonds is 6. The Labute approximate surface area is 141 Å². The molecule has 0 aliphatic heterocycles. The van der Waals surface area contributed by atoms with E-state index in [0.29, 0.717) is 6.42 Å². The first kappa shape index (κ1) is 17.0. The Morgan fingerprint density at radius 1 is 1.21 bits per heavy atom. The van der Waals surface area contributed by atoms with E-state index in [9.17, 15) is 18.0 Å². The van der Waals surface area contributed by atoms with Crippen molar-refractivity contribution in [2.24, 2.45) is 0 Å². The van der Waals surface area contributed by atoms with Crippen LogP contribution >= 0.6 is 0 Å². The summed E-state index contributed by atoms with van der Waals surface area (Å²) in [6, 6.07) is 6.60. The maximum absolute atomic E-state index is 12.9. The van der Waals surface area contributed by atoms with E-state index >= 15 is 0 Å². The molecule has 0 atom stereocenters. The lowest BCUT2D eigenvalue weighted by Crippen LogP contribution is -2.53. The van der Waals surface area contributed by atoms with Gasteiger partial charge in [0.25, 0.3) is 5.91 Å². The molecule has 0 heterocycles. The standard InChI is InChI=1S/C17H21NO5S/c1-12-3-7-14(8-4-12)24(21,22)17(9-2-10-17)16(20)23-11-15(19)18-13-5-6-13/h3-4,7-8,13H,2,5-6,9-11H2,1H3,(H,18,19). The van der Waals surface area contributed by atoms with Gasteiger partial charge in [0, 0.05) is 6.04 Å². The highest BCUT2D eigenvalue weighted by molar-refractivity contribution is 7.93. The first-order chi connectivity index (χ1) is 11.3. The normalized spacial score (nSPS) is 19.2. The molecular weight excluding hydrogens is 330 g/mol. The second-order valence-electron chi connectivity index (χ2n) is 6.58. The van der Waals surface area contributed by atoms with Crippen LogP contribution in [0.1, 0.15) is 37.7 Å². The van der Waals surface area contributed by atoms with Gasteiger partial charge >= 0.3 is 5.97 Å². The predicted molar refractivity (Wildman–Crippen MR) is 87.1 cm³/mol. The van der Waals surface area contributed by atoms with Crippen LogP contribution in [0.3, 0.4) is 0 Å². The van der Waals surface area contributed by atoms with Gasteiger partial charge in [-0.25, -0.2) is 8.42 Å². The molecule has 1 amide bonds. The van der Waals surface area contributed by atoms with E-state index in [2.05, 4.69) is 5.32 Å². The van der Waals surface area contributed by atoms with Crippen molar-refractivity contribution in [1.29, 1.82) is 0 Å². The van der Waals surface area contributed by atoms with Gasteiger partial charge in [-0.05, 0) is 51.2 Å². The summed E-state index contributed by atoms with van der Waals surface area (Å²) in [5, 5.41) is 2.71. The number of esters is 1. The average molecular weight is 351 g/mol. The van der Waals surface area contributed by atoms with E-state index in [0.717, 1.165) is 18.4 Å². The van der Waals surface area contributed by atoms with Crippen LogP contribution in [-0.2, 0) is 24.2 Å². The highest BCUT2D eigenvalue weighted by Gasteiger charge is 2.57. The third-order valence-electron chi connectivity index (χ3n) is 4.66. The smallest absolute Gasteiger partial charge is 0.328 e. The number of hydrogen-bond donors (Lipinski definition) is 1. The van der Waals surface area contributed by atoms with Crippen LogP contribution in [0, 0.1) is 6.92 Å². The lowest BCUT2D eigenvalue weighted by Gasteiger charge is -2.38. The van der Waals surface area contributed by atoms with Gasteiger partial charge < -0.3 is 10.1 Å². The minimum Gasteiger partial charge on any atom is -0.454 e. The van der Waals surface area contributed by atoms with Gasteiger partial charge in [-0.1, -0.05) is 17.7 Å². The van der Waals surface area contributed by atoms with Crippen molar-refractivity contribution < 1.29 is 22.7 Å². The molecular formula is C17H21NO5S. The summed E-state index contributed by atoms with van der Waals surface area (Å²) >= 11 is 0. The van der Waals surface area contributed by atoms with E-state index in [4.69, 9.17) is 4.74 Å². The zero-order valence-electron chi connectivity index (χ0n) is 13.6. The van der Waals surface area contributed by atoms with Crippen LogP contribution in [0.15, 0.2) is 29.2 Å². The van der Waals surface area contributed by atoms with Gasteiger partial charge in [0.05, 0.1) is 4.90 Å². The van der Waals surface area contributed by atoms with E-state index in [1.54, 1.807) is 12.1 Å².